The number of alkyl halides is 2. The van der Waals surface area contributed by atoms with E-state index < -0.39 is 6.55 Å². The Balaban J connectivity index is 0.000000671. The third-order valence-corrected chi connectivity index (χ3v) is 1.48. The molecule has 0 aliphatic carbocycles. The van der Waals surface area contributed by atoms with Crippen molar-refractivity contribution in [3.63, 3.8) is 0 Å². The number of rotatable bonds is 2. The molecule has 0 fully saturated rings. The first-order valence-corrected chi connectivity index (χ1v) is 4.48. The number of aryl methyl sites for hydroxylation is 2. The van der Waals surface area contributed by atoms with E-state index >= 15 is 0 Å². The van der Waals surface area contributed by atoms with Gasteiger partial charge >= 0.3 is 6.55 Å². The monoisotopic (exact) mass is 190 g/mol. The van der Waals surface area contributed by atoms with E-state index in [4.69, 9.17) is 0 Å². The smallest absolute Gasteiger partial charge is 0.208 e. The van der Waals surface area contributed by atoms with Gasteiger partial charge in [0.15, 0.2) is 0 Å². The summed E-state index contributed by atoms with van der Waals surface area (Å²) in [7, 11) is 0. The van der Waals surface area contributed by atoms with Crippen molar-refractivity contribution in [3.05, 3.63) is 17.5 Å². The van der Waals surface area contributed by atoms with Crippen LogP contribution in [0.4, 0.5) is 8.78 Å². The van der Waals surface area contributed by atoms with Gasteiger partial charge in [-0.05, 0) is 19.4 Å². The summed E-state index contributed by atoms with van der Waals surface area (Å²) in [4.78, 5) is 0. The van der Waals surface area contributed by atoms with E-state index in [1.165, 1.54) is 0 Å². The Hall–Kier alpha value is -0.930. The van der Waals surface area contributed by atoms with Crippen LogP contribution in [-0.2, 0) is 6.42 Å². The lowest BCUT2D eigenvalue weighted by Crippen LogP contribution is -2.04. The second-order valence-corrected chi connectivity index (χ2v) is 2.35. The Bertz CT molecular complexity index is 244. The molecule has 0 saturated heterocycles. The zero-order valence-electron chi connectivity index (χ0n) is 8.51. The van der Waals surface area contributed by atoms with Gasteiger partial charge in [0.25, 0.3) is 0 Å². The molecule has 4 heteroatoms. The summed E-state index contributed by atoms with van der Waals surface area (Å²) in [6.45, 7) is 5.02. The zero-order valence-corrected chi connectivity index (χ0v) is 8.51. The topological polar surface area (TPSA) is 17.8 Å². The Labute approximate surface area is 77.6 Å². The van der Waals surface area contributed by atoms with Crippen molar-refractivity contribution in [3.8, 4) is 0 Å². The Morgan fingerprint density at radius 1 is 1.46 bits per heavy atom. The molecule has 0 aromatic carbocycles. The summed E-state index contributed by atoms with van der Waals surface area (Å²) in [5, 5.41) is 3.65. The van der Waals surface area contributed by atoms with Gasteiger partial charge < -0.3 is 0 Å². The molecule has 0 amide bonds. The first-order valence-electron chi connectivity index (χ1n) is 4.48. The van der Waals surface area contributed by atoms with Gasteiger partial charge in [-0.2, -0.15) is 13.9 Å². The molecule has 0 saturated carbocycles. The van der Waals surface area contributed by atoms with E-state index in [0.717, 1.165) is 4.68 Å². The fraction of sp³-hybridized carbons (Fsp3) is 0.667. The van der Waals surface area contributed by atoms with Gasteiger partial charge in [0.1, 0.15) is 0 Å². The molecule has 1 aromatic rings. The van der Waals surface area contributed by atoms with Crippen LogP contribution in [0.3, 0.4) is 0 Å². The molecular formula is C9H16F2N2. The number of halogens is 2. The van der Waals surface area contributed by atoms with Crippen molar-refractivity contribution in [2.45, 2.75) is 40.7 Å². The van der Waals surface area contributed by atoms with Crippen LogP contribution in [-0.4, -0.2) is 9.78 Å². The summed E-state index contributed by atoms with van der Waals surface area (Å²) in [5.74, 6) is 0. The molecule has 0 radical (unpaired) electrons. The van der Waals surface area contributed by atoms with Gasteiger partial charge in [-0.15, -0.1) is 0 Å². The summed E-state index contributed by atoms with van der Waals surface area (Å²) in [5.41, 5.74) is 1.22. The highest BCUT2D eigenvalue weighted by atomic mass is 19.3. The highest BCUT2D eigenvalue weighted by Gasteiger charge is 2.11. The molecule has 0 aliphatic rings. The van der Waals surface area contributed by atoms with E-state index in [-0.39, 0.29) is 0 Å². The lowest BCUT2D eigenvalue weighted by Gasteiger charge is -2.01. The number of nitrogens with zero attached hydrogens (tertiary/aromatic N) is 2. The van der Waals surface area contributed by atoms with Crippen LogP contribution in [0.25, 0.3) is 0 Å². The van der Waals surface area contributed by atoms with Gasteiger partial charge in [-0.3, -0.25) is 0 Å². The van der Waals surface area contributed by atoms with Crippen LogP contribution < -0.4 is 0 Å². The van der Waals surface area contributed by atoms with Gasteiger partial charge in [0.2, 0.25) is 0 Å². The molecule has 0 unspecified atom stereocenters. The molecule has 1 aromatic heterocycles. The summed E-state index contributed by atoms with van der Waals surface area (Å²) >= 11 is 0. The maximum Gasteiger partial charge on any atom is 0.333 e. The fourth-order valence-electron chi connectivity index (χ4n) is 1.00. The summed E-state index contributed by atoms with van der Waals surface area (Å²) in [6, 6.07) is 1.67. The molecular weight excluding hydrogens is 174 g/mol. The highest BCUT2D eigenvalue weighted by Crippen LogP contribution is 2.14. The summed E-state index contributed by atoms with van der Waals surface area (Å²) < 4.78 is 25.0. The third-order valence-electron chi connectivity index (χ3n) is 1.48. The third kappa shape index (κ3) is 3.13. The lowest BCUT2D eigenvalue weighted by molar-refractivity contribution is 0.0533. The summed E-state index contributed by atoms with van der Waals surface area (Å²) in [6.07, 6.45) is 0.588. The van der Waals surface area contributed by atoms with Crippen LogP contribution >= 0.6 is 0 Å². The van der Waals surface area contributed by atoms with Crippen molar-refractivity contribution >= 4 is 0 Å². The molecule has 0 spiro atoms. The van der Waals surface area contributed by atoms with Crippen molar-refractivity contribution < 1.29 is 8.78 Å². The molecule has 1 heterocycles. The fourth-order valence-corrected chi connectivity index (χ4v) is 1.00. The van der Waals surface area contributed by atoms with Crippen LogP contribution in [0.1, 0.15) is 38.7 Å². The molecule has 1 rings (SSSR count). The van der Waals surface area contributed by atoms with Gasteiger partial charge in [0, 0.05) is 5.69 Å². The first-order chi connectivity index (χ1) is 6.15. The van der Waals surface area contributed by atoms with Crippen LogP contribution in [0.2, 0.25) is 0 Å². The Morgan fingerprint density at radius 3 is 2.31 bits per heavy atom. The van der Waals surface area contributed by atoms with Gasteiger partial charge in [0.05, 0.1) is 5.69 Å². The molecule has 0 atom stereocenters. The van der Waals surface area contributed by atoms with Crippen molar-refractivity contribution in [2.24, 2.45) is 0 Å². The first kappa shape index (κ1) is 12.1. The zero-order chi connectivity index (χ0) is 10.4. The standard InChI is InChI=1S/C7H10F2N2.C2H6/c1-3-6-4-5(2)10-11(6)7(8)9;1-2/h4,7H,3H2,1-2H3;1-2H3. The molecule has 0 N–H and O–H groups in total. The van der Waals surface area contributed by atoms with E-state index in [1.807, 2.05) is 20.8 Å². The predicted octanol–water partition coefficient (Wildman–Crippen LogP) is 3.18. The number of hydrogen-bond acceptors (Lipinski definition) is 1. The van der Waals surface area contributed by atoms with E-state index in [2.05, 4.69) is 5.10 Å². The SMILES string of the molecule is CC.CCc1cc(C)nn1C(F)F. The minimum absolute atomic E-state index is 0.581. The van der Waals surface area contributed by atoms with Crippen LogP contribution in [0.5, 0.6) is 0 Å². The Kier molecular flexibility index (Phi) is 5.26. The molecule has 13 heavy (non-hydrogen) atoms. The molecule has 0 aliphatic heterocycles. The quantitative estimate of drug-likeness (QED) is 0.700. The van der Waals surface area contributed by atoms with E-state index in [0.29, 0.717) is 17.8 Å². The van der Waals surface area contributed by atoms with E-state index in [1.54, 1.807) is 13.0 Å². The average molecular weight is 190 g/mol. The van der Waals surface area contributed by atoms with Gasteiger partial charge in [-0.1, -0.05) is 20.8 Å². The van der Waals surface area contributed by atoms with Crippen molar-refractivity contribution in [2.75, 3.05) is 0 Å². The van der Waals surface area contributed by atoms with Crippen molar-refractivity contribution in [1.82, 2.24) is 9.78 Å². The number of aromatic nitrogens is 2. The van der Waals surface area contributed by atoms with Crippen molar-refractivity contribution in [1.29, 1.82) is 0 Å². The van der Waals surface area contributed by atoms with Gasteiger partial charge in [-0.25, -0.2) is 4.68 Å². The highest BCUT2D eigenvalue weighted by molar-refractivity contribution is 5.08. The molecule has 0 bridgehead atoms. The second-order valence-electron chi connectivity index (χ2n) is 2.35. The molecule has 2 nitrogen and oxygen atoms in total. The number of hydrogen-bond donors (Lipinski definition) is 0. The normalized spacial score (nSPS) is 9.77. The van der Waals surface area contributed by atoms with E-state index in [9.17, 15) is 8.78 Å². The largest absolute Gasteiger partial charge is 0.333 e. The minimum atomic E-state index is -2.52. The maximum absolute atomic E-state index is 12.1. The minimum Gasteiger partial charge on any atom is -0.208 e. The average Bonchev–Trinajstić information content (AvgIpc) is 2.50. The molecule has 76 valence electrons. The van der Waals surface area contributed by atoms with Crippen LogP contribution in [0, 0.1) is 6.92 Å². The second kappa shape index (κ2) is 5.67. The maximum atomic E-state index is 12.1. The lowest BCUT2D eigenvalue weighted by atomic mass is 10.3. The predicted molar refractivity (Wildman–Crippen MR) is 48.9 cm³/mol. The Morgan fingerprint density at radius 2 is 2.00 bits per heavy atom. The van der Waals surface area contributed by atoms with Crippen LogP contribution in [0.15, 0.2) is 6.07 Å².